The second kappa shape index (κ2) is 10.6. The Morgan fingerprint density at radius 3 is 2.42 bits per heavy atom. The van der Waals surface area contributed by atoms with Gasteiger partial charge in [-0.15, -0.1) is 0 Å². The van der Waals surface area contributed by atoms with E-state index in [1.165, 1.54) is 11.1 Å². The van der Waals surface area contributed by atoms with Crippen LogP contribution in [0.1, 0.15) is 43.2 Å². The number of aromatic nitrogens is 2. The Morgan fingerprint density at radius 1 is 0.944 bits per heavy atom. The van der Waals surface area contributed by atoms with Crippen molar-refractivity contribution in [1.29, 1.82) is 0 Å². The molecule has 0 bridgehead atoms. The SMILES string of the molecule is CCN1C(=O)C(C)(C)C(=O)N(C)c2cc(CN(CCc3cccnc3)Cc3cccnc3C)ccc21. The minimum atomic E-state index is -1.11. The lowest BCUT2D eigenvalue weighted by Gasteiger charge is -2.27. The number of amides is 2. The third-order valence-electron chi connectivity index (χ3n) is 6.98. The number of anilines is 2. The van der Waals surface area contributed by atoms with Crippen molar-refractivity contribution >= 4 is 23.2 Å². The first-order valence-electron chi connectivity index (χ1n) is 12.5. The zero-order valence-corrected chi connectivity index (χ0v) is 21.9. The molecular formula is C29H35N5O2. The molecule has 1 aliphatic rings. The van der Waals surface area contributed by atoms with Crippen molar-refractivity contribution in [2.75, 3.05) is 29.9 Å². The first-order valence-corrected chi connectivity index (χ1v) is 12.5. The molecule has 0 radical (unpaired) electrons. The van der Waals surface area contributed by atoms with Crippen molar-refractivity contribution in [2.24, 2.45) is 5.41 Å². The Bertz CT molecular complexity index is 1240. The number of benzene rings is 1. The summed E-state index contributed by atoms with van der Waals surface area (Å²) in [4.78, 5) is 40.9. The number of fused-ring (bicyclic) bond motifs is 1. The summed E-state index contributed by atoms with van der Waals surface area (Å²) < 4.78 is 0. The topological polar surface area (TPSA) is 69.6 Å². The van der Waals surface area contributed by atoms with Crippen molar-refractivity contribution in [1.82, 2.24) is 14.9 Å². The van der Waals surface area contributed by atoms with E-state index in [1.807, 2.05) is 44.4 Å². The first-order chi connectivity index (χ1) is 17.2. The second-order valence-corrected chi connectivity index (χ2v) is 9.93. The van der Waals surface area contributed by atoms with E-state index in [0.717, 1.165) is 42.1 Å². The van der Waals surface area contributed by atoms with Crippen LogP contribution in [0.25, 0.3) is 0 Å². The van der Waals surface area contributed by atoms with Gasteiger partial charge >= 0.3 is 0 Å². The van der Waals surface area contributed by atoms with Gasteiger partial charge in [0, 0.05) is 57.5 Å². The van der Waals surface area contributed by atoms with Crippen LogP contribution in [0, 0.1) is 12.3 Å². The number of rotatable bonds is 8. The summed E-state index contributed by atoms with van der Waals surface area (Å²) in [6, 6.07) is 14.3. The Morgan fingerprint density at radius 2 is 1.72 bits per heavy atom. The Labute approximate surface area is 213 Å². The molecule has 0 saturated heterocycles. The lowest BCUT2D eigenvalue weighted by atomic mass is 9.90. The number of hydrogen-bond acceptors (Lipinski definition) is 5. The standard InChI is InChI=1S/C29H35N5O2/c1-6-34-25-12-11-23(17-26(25)32(5)27(35)29(3,4)28(34)36)19-33(16-13-22-9-7-14-30-18-22)20-24-10-8-15-31-21(24)2/h7-12,14-15,17-18H,6,13,16,19-20H2,1-5H3. The summed E-state index contributed by atoms with van der Waals surface area (Å²) in [5, 5.41) is 0. The molecule has 2 amide bonds. The predicted molar refractivity (Wildman–Crippen MR) is 143 cm³/mol. The molecule has 3 heterocycles. The molecule has 0 atom stereocenters. The van der Waals surface area contributed by atoms with Crippen LogP contribution in [0.5, 0.6) is 0 Å². The highest BCUT2D eigenvalue weighted by Crippen LogP contribution is 2.39. The molecular weight excluding hydrogens is 450 g/mol. The van der Waals surface area contributed by atoms with Crippen molar-refractivity contribution in [3.05, 3.63) is 83.4 Å². The molecule has 0 saturated carbocycles. The molecule has 7 nitrogen and oxygen atoms in total. The van der Waals surface area contributed by atoms with Crippen molar-refractivity contribution in [3.8, 4) is 0 Å². The maximum atomic E-state index is 13.2. The molecule has 0 unspecified atom stereocenters. The third kappa shape index (κ3) is 5.16. The maximum absolute atomic E-state index is 13.2. The molecule has 3 aromatic rings. The van der Waals surface area contributed by atoms with Crippen LogP contribution < -0.4 is 9.80 Å². The van der Waals surface area contributed by atoms with E-state index in [4.69, 9.17) is 0 Å². The van der Waals surface area contributed by atoms with Crippen LogP contribution in [0.15, 0.2) is 61.1 Å². The fourth-order valence-corrected chi connectivity index (χ4v) is 4.78. The van der Waals surface area contributed by atoms with Gasteiger partial charge in [-0.3, -0.25) is 24.5 Å². The lowest BCUT2D eigenvalue weighted by Crippen LogP contribution is -2.47. The fourth-order valence-electron chi connectivity index (χ4n) is 4.78. The minimum absolute atomic E-state index is 0.168. The van der Waals surface area contributed by atoms with Crippen LogP contribution in [0.3, 0.4) is 0 Å². The molecule has 2 aromatic heterocycles. The van der Waals surface area contributed by atoms with E-state index < -0.39 is 5.41 Å². The van der Waals surface area contributed by atoms with Crippen molar-refractivity contribution in [2.45, 2.75) is 47.2 Å². The van der Waals surface area contributed by atoms with Crippen LogP contribution in [-0.4, -0.2) is 46.8 Å². The summed E-state index contributed by atoms with van der Waals surface area (Å²) >= 11 is 0. The highest BCUT2D eigenvalue weighted by Gasteiger charge is 2.45. The number of pyridine rings is 2. The molecule has 0 N–H and O–H groups in total. The Kier molecular flexibility index (Phi) is 7.50. The van der Waals surface area contributed by atoms with E-state index in [9.17, 15) is 9.59 Å². The average molecular weight is 486 g/mol. The molecule has 4 rings (SSSR count). The Hall–Kier alpha value is -3.58. The third-order valence-corrected chi connectivity index (χ3v) is 6.98. The van der Waals surface area contributed by atoms with Crippen LogP contribution in [0.2, 0.25) is 0 Å². The van der Waals surface area contributed by atoms with E-state index >= 15 is 0 Å². The van der Waals surface area contributed by atoms with Gasteiger partial charge in [-0.2, -0.15) is 0 Å². The van der Waals surface area contributed by atoms with E-state index in [-0.39, 0.29) is 11.8 Å². The highest BCUT2D eigenvalue weighted by atomic mass is 16.2. The van der Waals surface area contributed by atoms with Gasteiger partial charge in [-0.05, 0) is 75.1 Å². The molecule has 1 aliphatic heterocycles. The monoisotopic (exact) mass is 485 g/mol. The number of carbonyl (C=O) groups excluding carboxylic acids is 2. The van der Waals surface area contributed by atoms with Crippen LogP contribution >= 0.6 is 0 Å². The Balaban J connectivity index is 1.64. The van der Waals surface area contributed by atoms with Gasteiger partial charge in [-0.25, -0.2) is 0 Å². The smallest absolute Gasteiger partial charge is 0.242 e. The number of hydrogen-bond donors (Lipinski definition) is 0. The van der Waals surface area contributed by atoms with Gasteiger partial charge in [0.05, 0.1) is 11.4 Å². The molecule has 36 heavy (non-hydrogen) atoms. The molecule has 0 spiro atoms. The average Bonchev–Trinajstić information content (AvgIpc) is 2.93. The lowest BCUT2D eigenvalue weighted by molar-refractivity contribution is -0.137. The predicted octanol–water partition coefficient (Wildman–Crippen LogP) is 4.39. The normalized spacial score (nSPS) is 15.3. The van der Waals surface area contributed by atoms with Gasteiger partial charge in [0.1, 0.15) is 5.41 Å². The summed E-state index contributed by atoms with van der Waals surface area (Å²) in [5.74, 6) is -0.361. The van der Waals surface area contributed by atoms with Gasteiger partial charge in [0.25, 0.3) is 0 Å². The van der Waals surface area contributed by atoms with Crippen LogP contribution in [-0.2, 0) is 29.1 Å². The van der Waals surface area contributed by atoms with Gasteiger partial charge < -0.3 is 9.80 Å². The van der Waals surface area contributed by atoms with Crippen molar-refractivity contribution in [3.63, 3.8) is 0 Å². The van der Waals surface area contributed by atoms with E-state index in [0.29, 0.717) is 13.1 Å². The van der Waals surface area contributed by atoms with Gasteiger partial charge in [-0.1, -0.05) is 18.2 Å². The second-order valence-electron chi connectivity index (χ2n) is 9.93. The maximum Gasteiger partial charge on any atom is 0.242 e. The number of carbonyl (C=O) groups is 2. The fraction of sp³-hybridized carbons (Fsp3) is 0.379. The first kappa shape index (κ1) is 25.5. The van der Waals surface area contributed by atoms with Gasteiger partial charge in [0.2, 0.25) is 11.8 Å². The van der Waals surface area contributed by atoms with E-state index in [2.05, 4.69) is 39.1 Å². The van der Waals surface area contributed by atoms with Crippen molar-refractivity contribution < 1.29 is 9.59 Å². The number of nitrogens with zero attached hydrogens (tertiary/aromatic N) is 5. The molecule has 188 valence electrons. The molecule has 1 aromatic carbocycles. The largest absolute Gasteiger partial charge is 0.313 e. The zero-order chi connectivity index (χ0) is 25.9. The molecule has 0 aliphatic carbocycles. The molecule has 7 heteroatoms. The summed E-state index contributed by atoms with van der Waals surface area (Å²) in [6.45, 7) is 10.2. The minimum Gasteiger partial charge on any atom is -0.313 e. The van der Waals surface area contributed by atoms with Gasteiger partial charge in [0.15, 0.2) is 0 Å². The number of aryl methyl sites for hydroxylation is 1. The van der Waals surface area contributed by atoms with Crippen LogP contribution in [0.4, 0.5) is 11.4 Å². The van der Waals surface area contributed by atoms with E-state index in [1.54, 1.807) is 36.9 Å². The summed E-state index contributed by atoms with van der Waals surface area (Å²) in [7, 11) is 1.76. The zero-order valence-electron chi connectivity index (χ0n) is 21.9. The highest BCUT2D eigenvalue weighted by molar-refractivity contribution is 6.19. The summed E-state index contributed by atoms with van der Waals surface area (Å²) in [5.41, 5.74) is 4.92. The quantitative estimate of drug-likeness (QED) is 0.443. The molecule has 0 fully saturated rings. The summed E-state index contributed by atoms with van der Waals surface area (Å²) in [6.07, 6.45) is 6.40.